The molecule has 1 aliphatic heterocycles. The number of amides is 1. The summed E-state index contributed by atoms with van der Waals surface area (Å²) in [5, 5.41) is 8.99. The number of nitrogens with zero attached hydrogens (tertiary/aromatic N) is 1. The summed E-state index contributed by atoms with van der Waals surface area (Å²) >= 11 is 0. The van der Waals surface area contributed by atoms with Gasteiger partial charge in [-0.05, 0) is 27.2 Å². The second kappa shape index (κ2) is 4.60. The molecule has 1 saturated heterocycles. The van der Waals surface area contributed by atoms with Crippen molar-refractivity contribution < 1.29 is 27.8 Å². The number of carbonyl (C=O) groups is 1. The van der Waals surface area contributed by atoms with Crippen molar-refractivity contribution in [2.45, 2.75) is 39.0 Å². The number of rotatable bonds is 1. The molecule has 0 spiro atoms. The van der Waals surface area contributed by atoms with E-state index in [2.05, 4.69) is 0 Å². The van der Waals surface area contributed by atoms with Crippen molar-refractivity contribution in [3.8, 4) is 0 Å². The highest BCUT2D eigenvalue weighted by Crippen LogP contribution is 2.45. The van der Waals surface area contributed by atoms with E-state index in [9.17, 15) is 18.0 Å². The van der Waals surface area contributed by atoms with E-state index in [1.54, 1.807) is 20.8 Å². The second-order valence-corrected chi connectivity index (χ2v) is 5.59. The Balaban J connectivity index is 2.74. The van der Waals surface area contributed by atoms with E-state index in [-0.39, 0.29) is 13.0 Å². The van der Waals surface area contributed by atoms with Crippen LogP contribution in [0.5, 0.6) is 0 Å². The van der Waals surface area contributed by atoms with Crippen LogP contribution in [-0.2, 0) is 4.74 Å². The minimum Gasteiger partial charge on any atom is -0.444 e. The van der Waals surface area contributed by atoms with Crippen LogP contribution in [0.1, 0.15) is 27.2 Å². The Morgan fingerprint density at radius 2 is 1.94 bits per heavy atom. The molecule has 0 aromatic heterocycles. The molecule has 1 amide bonds. The van der Waals surface area contributed by atoms with Crippen LogP contribution in [0.25, 0.3) is 0 Å². The highest BCUT2D eigenvalue weighted by Gasteiger charge is 2.58. The van der Waals surface area contributed by atoms with Gasteiger partial charge in [0.2, 0.25) is 0 Å². The SMILES string of the molecule is CC(C)(C)OC(=O)N1CCC(CO)(C(F)(F)F)C1. The molecule has 7 heteroatoms. The molecule has 1 heterocycles. The molecule has 18 heavy (non-hydrogen) atoms. The fraction of sp³-hybridized carbons (Fsp3) is 0.909. The van der Waals surface area contributed by atoms with Crippen LogP contribution < -0.4 is 0 Å². The van der Waals surface area contributed by atoms with Crippen molar-refractivity contribution in [2.24, 2.45) is 5.41 Å². The maximum absolute atomic E-state index is 12.9. The second-order valence-electron chi connectivity index (χ2n) is 5.59. The zero-order valence-corrected chi connectivity index (χ0v) is 10.7. The topological polar surface area (TPSA) is 49.8 Å². The lowest BCUT2D eigenvalue weighted by Crippen LogP contribution is -2.45. The number of alkyl halides is 3. The van der Waals surface area contributed by atoms with E-state index in [4.69, 9.17) is 9.84 Å². The van der Waals surface area contributed by atoms with Gasteiger partial charge in [0.15, 0.2) is 0 Å². The normalized spacial score (nSPS) is 25.4. The summed E-state index contributed by atoms with van der Waals surface area (Å²) in [5.41, 5.74) is -2.97. The Morgan fingerprint density at radius 1 is 1.39 bits per heavy atom. The molecule has 106 valence electrons. The smallest absolute Gasteiger partial charge is 0.410 e. The molecule has 1 unspecified atom stereocenters. The minimum atomic E-state index is -4.53. The van der Waals surface area contributed by atoms with Gasteiger partial charge < -0.3 is 14.7 Å². The van der Waals surface area contributed by atoms with Crippen molar-refractivity contribution in [2.75, 3.05) is 19.7 Å². The molecule has 4 nitrogen and oxygen atoms in total. The zero-order valence-electron chi connectivity index (χ0n) is 10.7. The molecule has 0 saturated carbocycles. The van der Waals surface area contributed by atoms with E-state index in [0.29, 0.717) is 0 Å². The average Bonchev–Trinajstić information content (AvgIpc) is 2.59. The Hall–Kier alpha value is -0.980. The fourth-order valence-electron chi connectivity index (χ4n) is 1.80. The summed E-state index contributed by atoms with van der Waals surface area (Å²) in [5.74, 6) is 0. The summed E-state index contributed by atoms with van der Waals surface area (Å²) < 4.78 is 43.6. The van der Waals surface area contributed by atoms with Gasteiger partial charge in [-0.15, -0.1) is 0 Å². The predicted octanol–water partition coefficient (Wildman–Crippen LogP) is 2.17. The number of likely N-dealkylation sites (tertiary alicyclic amines) is 1. The van der Waals surface area contributed by atoms with Crippen LogP contribution in [0, 0.1) is 5.41 Å². The Bertz CT molecular complexity index is 324. The summed E-state index contributed by atoms with van der Waals surface area (Å²) in [6.45, 7) is 3.30. The Labute approximate surface area is 104 Å². The van der Waals surface area contributed by atoms with Gasteiger partial charge in [0.1, 0.15) is 11.0 Å². The zero-order chi connectivity index (χ0) is 14.2. The maximum atomic E-state index is 12.9. The summed E-state index contributed by atoms with van der Waals surface area (Å²) in [6.07, 6.45) is -5.60. The van der Waals surface area contributed by atoms with Gasteiger partial charge >= 0.3 is 12.3 Å². The number of halogens is 3. The number of aliphatic hydroxyl groups is 1. The quantitative estimate of drug-likeness (QED) is 0.793. The molecule has 1 atom stereocenters. The van der Waals surface area contributed by atoms with Crippen LogP contribution in [0.15, 0.2) is 0 Å². The van der Waals surface area contributed by atoms with Gasteiger partial charge in [0.05, 0.1) is 6.61 Å². The van der Waals surface area contributed by atoms with Crippen LogP contribution in [0.3, 0.4) is 0 Å². The molecule has 1 rings (SSSR count). The molecular formula is C11H18F3NO3. The third kappa shape index (κ3) is 3.07. The van der Waals surface area contributed by atoms with Gasteiger partial charge in [0, 0.05) is 13.1 Å². The molecule has 1 fully saturated rings. The average molecular weight is 269 g/mol. The Morgan fingerprint density at radius 3 is 2.28 bits per heavy atom. The third-order valence-corrected chi connectivity index (χ3v) is 2.91. The lowest BCUT2D eigenvalue weighted by atomic mass is 9.87. The van der Waals surface area contributed by atoms with Gasteiger partial charge in [-0.2, -0.15) is 13.2 Å². The van der Waals surface area contributed by atoms with E-state index in [1.165, 1.54) is 0 Å². The van der Waals surface area contributed by atoms with E-state index < -0.39 is 36.4 Å². The minimum absolute atomic E-state index is 0.0605. The van der Waals surface area contributed by atoms with E-state index in [0.717, 1.165) is 4.90 Å². The van der Waals surface area contributed by atoms with Gasteiger partial charge in [-0.3, -0.25) is 0 Å². The highest BCUT2D eigenvalue weighted by molar-refractivity contribution is 5.68. The monoisotopic (exact) mass is 269 g/mol. The summed E-state index contributed by atoms with van der Waals surface area (Å²) in [4.78, 5) is 12.6. The van der Waals surface area contributed by atoms with Crippen LogP contribution >= 0.6 is 0 Å². The van der Waals surface area contributed by atoms with Gasteiger partial charge in [-0.1, -0.05) is 0 Å². The number of ether oxygens (including phenoxy) is 1. The standard InChI is InChI=1S/C11H18F3NO3/c1-9(2,3)18-8(17)15-5-4-10(6-15,7-16)11(12,13)14/h16H,4-7H2,1-3H3. The van der Waals surface area contributed by atoms with Crippen molar-refractivity contribution in [1.29, 1.82) is 0 Å². The molecular weight excluding hydrogens is 251 g/mol. The first-order chi connectivity index (χ1) is 8.01. The van der Waals surface area contributed by atoms with Crippen molar-refractivity contribution in [3.63, 3.8) is 0 Å². The lowest BCUT2D eigenvalue weighted by Gasteiger charge is -2.30. The molecule has 1 aliphatic rings. The highest BCUT2D eigenvalue weighted by atomic mass is 19.4. The van der Waals surface area contributed by atoms with Crippen molar-refractivity contribution in [3.05, 3.63) is 0 Å². The van der Waals surface area contributed by atoms with Crippen LogP contribution in [-0.4, -0.2) is 47.6 Å². The molecule has 0 bridgehead atoms. The molecule has 1 N–H and O–H groups in total. The van der Waals surface area contributed by atoms with Crippen LogP contribution in [0.2, 0.25) is 0 Å². The summed E-state index contributed by atoms with van der Waals surface area (Å²) in [7, 11) is 0. The van der Waals surface area contributed by atoms with Crippen molar-refractivity contribution in [1.82, 2.24) is 4.90 Å². The number of hydrogen-bond acceptors (Lipinski definition) is 3. The first kappa shape index (κ1) is 15.1. The lowest BCUT2D eigenvalue weighted by molar-refractivity contribution is -0.229. The van der Waals surface area contributed by atoms with Crippen LogP contribution in [0.4, 0.5) is 18.0 Å². The first-order valence-electron chi connectivity index (χ1n) is 5.66. The Kier molecular flexibility index (Phi) is 3.86. The third-order valence-electron chi connectivity index (χ3n) is 2.91. The number of carbonyl (C=O) groups excluding carboxylic acids is 1. The molecule has 0 aromatic rings. The van der Waals surface area contributed by atoms with E-state index in [1.807, 2.05) is 0 Å². The molecule has 0 aliphatic carbocycles. The predicted molar refractivity (Wildman–Crippen MR) is 58.0 cm³/mol. The largest absolute Gasteiger partial charge is 0.444 e. The first-order valence-corrected chi connectivity index (χ1v) is 5.66. The van der Waals surface area contributed by atoms with E-state index >= 15 is 0 Å². The number of aliphatic hydroxyl groups excluding tert-OH is 1. The molecule has 0 radical (unpaired) electrons. The fourth-order valence-corrected chi connectivity index (χ4v) is 1.80. The van der Waals surface area contributed by atoms with Gasteiger partial charge in [0.25, 0.3) is 0 Å². The maximum Gasteiger partial charge on any atom is 0.410 e. The van der Waals surface area contributed by atoms with Gasteiger partial charge in [-0.25, -0.2) is 4.79 Å². The molecule has 0 aromatic carbocycles. The summed E-state index contributed by atoms with van der Waals surface area (Å²) in [6, 6.07) is 0. The number of hydrogen-bond donors (Lipinski definition) is 1. The van der Waals surface area contributed by atoms with Crippen molar-refractivity contribution >= 4 is 6.09 Å².